The van der Waals surface area contributed by atoms with E-state index in [4.69, 9.17) is 24.3 Å². The minimum absolute atomic E-state index is 0.00750. The highest BCUT2D eigenvalue weighted by atomic mass is 32.1. The lowest BCUT2D eigenvalue weighted by molar-refractivity contribution is 0.282. The van der Waals surface area contributed by atoms with Crippen LogP contribution in [0.3, 0.4) is 0 Å². The number of aliphatic hydroxyl groups excluding tert-OH is 1. The van der Waals surface area contributed by atoms with E-state index in [1.807, 2.05) is 49.4 Å². The van der Waals surface area contributed by atoms with E-state index in [0.29, 0.717) is 40.1 Å². The van der Waals surface area contributed by atoms with Crippen molar-refractivity contribution < 1.29 is 19.0 Å². The number of rotatable bonds is 9. The second-order valence-electron chi connectivity index (χ2n) is 8.50. The number of thiazole rings is 1. The fourth-order valence-electron chi connectivity index (χ4n) is 3.83. The largest absolute Gasteiger partial charge is 0.496 e. The van der Waals surface area contributed by atoms with Crippen LogP contribution in [0.15, 0.2) is 59.2 Å². The quantitative estimate of drug-likeness (QED) is 0.196. The Labute approximate surface area is 217 Å². The summed E-state index contributed by atoms with van der Waals surface area (Å²) < 4.78 is 17.8. The molecule has 0 aliphatic rings. The number of fused-ring (bicyclic) bond motifs is 1. The number of nitrogens with one attached hydrogen (secondary N) is 2. The van der Waals surface area contributed by atoms with E-state index in [1.165, 1.54) is 0 Å². The van der Waals surface area contributed by atoms with E-state index in [2.05, 4.69) is 9.97 Å². The summed E-state index contributed by atoms with van der Waals surface area (Å²) in [6.07, 6.45) is 5.18. The van der Waals surface area contributed by atoms with Crippen molar-refractivity contribution in [2.75, 3.05) is 7.11 Å². The topological polar surface area (TPSA) is 117 Å². The van der Waals surface area contributed by atoms with Gasteiger partial charge in [0, 0.05) is 34.5 Å². The van der Waals surface area contributed by atoms with E-state index in [-0.39, 0.29) is 13.2 Å². The van der Waals surface area contributed by atoms with Crippen LogP contribution >= 0.6 is 11.3 Å². The van der Waals surface area contributed by atoms with Crippen molar-refractivity contribution >= 4 is 34.1 Å². The zero-order valence-electron chi connectivity index (χ0n) is 20.7. The van der Waals surface area contributed by atoms with Gasteiger partial charge in [-0.3, -0.25) is 0 Å². The molecule has 3 aromatic heterocycles. The van der Waals surface area contributed by atoms with Gasteiger partial charge in [0.15, 0.2) is 5.76 Å². The molecule has 2 aromatic carbocycles. The van der Waals surface area contributed by atoms with E-state index >= 15 is 0 Å². The Hall–Kier alpha value is -4.21. The monoisotopic (exact) mass is 514 g/mol. The summed E-state index contributed by atoms with van der Waals surface area (Å²) in [7, 11) is 1.60. The molecule has 188 valence electrons. The number of imidazole rings is 1. The van der Waals surface area contributed by atoms with Gasteiger partial charge in [-0.25, -0.2) is 9.97 Å². The van der Waals surface area contributed by atoms with Crippen LogP contribution in [-0.4, -0.2) is 32.9 Å². The summed E-state index contributed by atoms with van der Waals surface area (Å²) in [5, 5.41) is 18.7. The molecular weight excluding hydrogens is 488 g/mol. The predicted molar refractivity (Wildman–Crippen MR) is 145 cm³/mol. The average molecular weight is 515 g/mol. The summed E-state index contributed by atoms with van der Waals surface area (Å²) in [6.45, 7) is 4.01. The van der Waals surface area contributed by atoms with Crippen LogP contribution in [0, 0.1) is 12.3 Å². The minimum Gasteiger partial charge on any atom is -0.496 e. The number of hydrogen-bond donors (Lipinski definition) is 3. The van der Waals surface area contributed by atoms with Crippen molar-refractivity contribution in [3.63, 3.8) is 0 Å². The smallest absolute Gasteiger partial charge is 0.155 e. The lowest BCUT2D eigenvalue weighted by Crippen LogP contribution is -1.98. The van der Waals surface area contributed by atoms with Crippen molar-refractivity contribution in [1.82, 2.24) is 15.0 Å². The Kier molecular flexibility index (Phi) is 6.89. The highest BCUT2D eigenvalue weighted by molar-refractivity contribution is 7.15. The van der Waals surface area contributed by atoms with Crippen molar-refractivity contribution in [3.05, 3.63) is 76.7 Å². The summed E-state index contributed by atoms with van der Waals surface area (Å²) in [5.74, 6) is 2.46. The molecule has 37 heavy (non-hydrogen) atoms. The number of hydrogen-bond acceptors (Lipinski definition) is 8. The third-order valence-corrected chi connectivity index (χ3v) is 6.83. The Balaban J connectivity index is 1.42. The van der Waals surface area contributed by atoms with E-state index < -0.39 is 0 Å². The number of aryl methyl sites for hydroxylation is 1. The van der Waals surface area contributed by atoms with Gasteiger partial charge in [-0.1, -0.05) is 18.2 Å². The molecule has 5 rings (SSSR count). The molecule has 8 nitrogen and oxygen atoms in total. The second-order valence-corrected chi connectivity index (χ2v) is 9.71. The van der Waals surface area contributed by atoms with Gasteiger partial charge in [0.05, 0.1) is 24.8 Å². The van der Waals surface area contributed by atoms with Crippen molar-refractivity contribution in [2.24, 2.45) is 0 Å². The van der Waals surface area contributed by atoms with Gasteiger partial charge < -0.3 is 29.4 Å². The van der Waals surface area contributed by atoms with Gasteiger partial charge >= 0.3 is 0 Å². The molecule has 0 aliphatic heterocycles. The molecule has 0 atom stereocenters. The molecule has 0 saturated heterocycles. The minimum atomic E-state index is -0.00750. The number of aliphatic hydroxyl groups is 1. The summed E-state index contributed by atoms with van der Waals surface area (Å²) in [4.78, 5) is 13.5. The number of allylic oxidation sites excluding steroid dienone is 1. The fraction of sp³-hybridized carbons (Fsp3) is 0.179. The maximum atomic E-state index is 9.46. The first kappa shape index (κ1) is 24.5. The first-order valence-corrected chi connectivity index (χ1v) is 12.4. The highest BCUT2D eigenvalue weighted by Crippen LogP contribution is 2.37. The number of ether oxygens (including phenoxy) is 2. The zero-order chi connectivity index (χ0) is 25.9. The molecule has 3 N–H and O–H groups in total. The molecule has 5 aromatic rings. The first-order valence-electron chi connectivity index (χ1n) is 11.6. The summed E-state index contributed by atoms with van der Waals surface area (Å²) in [5.41, 5.74) is 4.38. The maximum Gasteiger partial charge on any atom is 0.155 e. The molecule has 0 amide bonds. The van der Waals surface area contributed by atoms with Crippen molar-refractivity contribution in [1.29, 1.82) is 5.41 Å². The Bertz CT molecular complexity index is 1610. The molecule has 0 aliphatic carbocycles. The van der Waals surface area contributed by atoms with Crippen LogP contribution in [0.5, 0.6) is 11.5 Å². The lowest BCUT2D eigenvalue weighted by atomic mass is 10.1. The molecule has 0 spiro atoms. The molecular formula is C28H26N4O4S. The number of nitrogens with zero attached hydrogens (tertiary/aromatic N) is 2. The predicted octanol–water partition coefficient (Wildman–Crippen LogP) is 6.39. The maximum absolute atomic E-state index is 9.46. The van der Waals surface area contributed by atoms with Crippen molar-refractivity contribution in [3.8, 4) is 33.5 Å². The fourth-order valence-corrected chi connectivity index (χ4v) is 4.75. The normalized spacial score (nSPS) is 11.5. The Morgan fingerprint density at radius 3 is 2.86 bits per heavy atom. The molecule has 0 saturated carbocycles. The molecule has 3 heterocycles. The van der Waals surface area contributed by atoms with Crippen LogP contribution in [0.2, 0.25) is 0 Å². The van der Waals surface area contributed by atoms with Gasteiger partial charge in [-0.05, 0) is 43.7 Å². The van der Waals surface area contributed by atoms with E-state index in [9.17, 15) is 5.11 Å². The third kappa shape index (κ3) is 5.32. The average Bonchev–Trinajstić information content (AvgIpc) is 3.64. The lowest BCUT2D eigenvalue weighted by Gasteiger charge is -2.08. The summed E-state index contributed by atoms with van der Waals surface area (Å²) in [6, 6.07) is 13.3. The van der Waals surface area contributed by atoms with Crippen LogP contribution in [0.1, 0.15) is 28.9 Å². The standard InChI is InChI=1S/C28H26N4O4S/c1-16(29)7-8-27-30-13-22(31-27)26-12-21-24(10-20(34-3)11-25(21)36-26)35-15-23-17(2)37-28(32-23)19-6-4-5-18(9-19)14-33/h4-13,29,33H,14-15H2,1-3H3,(H,30,31)/b8-7-,29-16?. The molecule has 9 heteroatoms. The van der Waals surface area contributed by atoms with Crippen molar-refractivity contribution in [2.45, 2.75) is 27.1 Å². The Morgan fingerprint density at radius 1 is 1.22 bits per heavy atom. The number of benzene rings is 2. The molecule has 0 fully saturated rings. The van der Waals surface area contributed by atoms with Gasteiger partial charge in [0.25, 0.3) is 0 Å². The third-order valence-electron chi connectivity index (χ3n) is 5.76. The number of methoxy groups -OCH3 is 1. The molecule has 0 radical (unpaired) electrons. The Morgan fingerprint density at radius 2 is 2.08 bits per heavy atom. The van der Waals surface area contributed by atoms with Crippen LogP contribution in [0.4, 0.5) is 0 Å². The summed E-state index contributed by atoms with van der Waals surface area (Å²) >= 11 is 1.60. The SMILES string of the molecule is COc1cc(OCc2nc(-c3cccc(CO)c3)sc2C)c2cc(-c3c[nH]c(/C=C\C(C)=N)n3)oc2c1. The number of aromatic nitrogens is 3. The zero-order valence-corrected chi connectivity index (χ0v) is 21.5. The van der Waals surface area contributed by atoms with Crippen LogP contribution in [0.25, 0.3) is 39.1 Å². The van der Waals surface area contributed by atoms with E-state index in [1.54, 1.807) is 43.7 Å². The van der Waals surface area contributed by atoms with Crippen LogP contribution < -0.4 is 9.47 Å². The van der Waals surface area contributed by atoms with Gasteiger partial charge in [0.1, 0.15) is 40.2 Å². The molecule has 0 unspecified atom stereocenters. The van der Waals surface area contributed by atoms with Crippen LogP contribution in [-0.2, 0) is 13.2 Å². The first-order chi connectivity index (χ1) is 17.9. The second kappa shape index (κ2) is 10.4. The van der Waals surface area contributed by atoms with Gasteiger partial charge in [-0.2, -0.15) is 0 Å². The number of furan rings is 1. The molecule has 0 bridgehead atoms. The van der Waals surface area contributed by atoms with Gasteiger partial charge in [-0.15, -0.1) is 11.3 Å². The highest BCUT2D eigenvalue weighted by Gasteiger charge is 2.17. The number of aromatic amines is 1. The number of H-pyrrole nitrogens is 1. The van der Waals surface area contributed by atoms with E-state index in [0.717, 1.165) is 32.1 Å². The van der Waals surface area contributed by atoms with Gasteiger partial charge in [0.2, 0.25) is 0 Å².